The van der Waals surface area contributed by atoms with Crippen LogP contribution in [0.5, 0.6) is 0 Å². The highest BCUT2D eigenvalue weighted by atomic mass is 35.5. The number of aromatic nitrogens is 1. The molecule has 0 saturated heterocycles. The number of benzene rings is 1. The van der Waals surface area contributed by atoms with Crippen LogP contribution in [0.15, 0.2) is 30.3 Å². The minimum Gasteiger partial charge on any atom is -0.340 e. The van der Waals surface area contributed by atoms with Crippen molar-refractivity contribution in [3.63, 3.8) is 0 Å². The maximum Gasteiger partial charge on any atom is 0.160 e. The number of pyridine rings is 1. The van der Waals surface area contributed by atoms with Gasteiger partial charge in [0.2, 0.25) is 0 Å². The summed E-state index contributed by atoms with van der Waals surface area (Å²) in [6.07, 6.45) is 0. The molecule has 1 aromatic carbocycles. The molecule has 0 saturated carbocycles. The Morgan fingerprint density at radius 1 is 1.06 bits per heavy atom. The average molecular weight is 292 g/mol. The Hall–Kier alpha value is -1.03. The van der Waals surface area contributed by atoms with Gasteiger partial charge in [0.05, 0.1) is 10.0 Å². The molecule has 0 radical (unpaired) electrons. The molecule has 0 spiro atoms. The Morgan fingerprint density at radius 2 is 1.71 bits per heavy atom. The van der Waals surface area contributed by atoms with Gasteiger partial charge in [0.15, 0.2) is 5.82 Å². The van der Waals surface area contributed by atoms with Crippen LogP contribution in [0.25, 0.3) is 0 Å². The molecule has 1 aromatic heterocycles. The topological polar surface area (TPSA) is 24.9 Å². The molecule has 0 bridgehead atoms. The van der Waals surface area contributed by atoms with Gasteiger partial charge in [0.25, 0.3) is 0 Å². The molecule has 0 aliphatic heterocycles. The van der Waals surface area contributed by atoms with E-state index in [2.05, 4.69) is 10.3 Å². The van der Waals surface area contributed by atoms with Crippen molar-refractivity contribution in [3.05, 3.63) is 51.3 Å². The van der Waals surface area contributed by atoms with Crippen molar-refractivity contribution in [2.45, 2.75) is 0 Å². The summed E-state index contributed by atoms with van der Waals surface area (Å²) < 4.78 is 13.2. The van der Waals surface area contributed by atoms with Gasteiger partial charge >= 0.3 is 0 Å². The first-order chi connectivity index (χ1) is 8.06. The molecule has 2 nitrogen and oxygen atoms in total. The number of halogens is 4. The van der Waals surface area contributed by atoms with Gasteiger partial charge in [-0.2, -0.15) is 0 Å². The second-order valence-electron chi connectivity index (χ2n) is 3.22. The number of nitrogens with zero attached hydrogens (tertiary/aromatic N) is 1. The fraction of sp³-hybridized carbons (Fsp3) is 0. The molecule has 1 heterocycles. The van der Waals surface area contributed by atoms with E-state index >= 15 is 0 Å². The van der Waals surface area contributed by atoms with Crippen LogP contribution in [0.1, 0.15) is 0 Å². The number of rotatable bonds is 2. The molecule has 0 aliphatic carbocycles. The summed E-state index contributed by atoms with van der Waals surface area (Å²) in [5.74, 6) is -0.117. The van der Waals surface area contributed by atoms with E-state index in [1.54, 1.807) is 18.2 Å². The van der Waals surface area contributed by atoms with Crippen molar-refractivity contribution in [3.8, 4) is 0 Å². The molecule has 0 unspecified atom stereocenters. The standard InChI is InChI=1S/C11H6Cl3FN2/c12-7-4-6(5-8(13)11(7)15)16-10-3-1-2-9(14)17-10/h1-5H,(H,16,17). The summed E-state index contributed by atoms with van der Waals surface area (Å²) in [6.45, 7) is 0. The van der Waals surface area contributed by atoms with Crippen molar-refractivity contribution in [2.24, 2.45) is 0 Å². The molecule has 2 aromatic rings. The SMILES string of the molecule is Fc1c(Cl)cc(Nc2cccc(Cl)n2)cc1Cl. The van der Waals surface area contributed by atoms with Gasteiger partial charge in [-0.05, 0) is 24.3 Å². The first-order valence-electron chi connectivity index (χ1n) is 4.60. The monoisotopic (exact) mass is 290 g/mol. The minimum atomic E-state index is -0.641. The van der Waals surface area contributed by atoms with Crippen molar-refractivity contribution < 1.29 is 4.39 Å². The van der Waals surface area contributed by atoms with Crippen LogP contribution in [-0.2, 0) is 0 Å². The largest absolute Gasteiger partial charge is 0.340 e. The second kappa shape index (κ2) is 5.08. The predicted molar refractivity (Wildman–Crippen MR) is 68.9 cm³/mol. The van der Waals surface area contributed by atoms with Crippen molar-refractivity contribution in [1.29, 1.82) is 0 Å². The van der Waals surface area contributed by atoms with Crippen LogP contribution in [0, 0.1) is 5.82 Å². The number of nitrogens with one attached hydrogen (secondary N) is 1. The maximum atomic E-state index is 13.2. The van der Waals surface area contributed by atoms with E-state index in [0.717, 1.165) is 0 Å². The van der Waals surface area contributed by atoms with Gasteiger partial charge in [-0.1, -0.05) is 40.9 Å². The molecule has 1 N–H and O–H groups in total. The van der Waals surface area contributed by atoms with Gasteiger partial charge in [-0.3, -0.25) is 0 Å². The third-order valence-electron chi connectivity index (χ3n) is 1.97. The zero-order chi connectivity index (χ0) is 12.4. The number of hydrogen-bond acceptors (Lipinski definition) is 2. The fourth-order valence-corrected chi connectivity index (χ4v) is 1.90. The van der Waals surface area contributed by atoms with E-state index in [0.29, 0.717) is 16.7 Å². The van der Waals surface area contributed by atoms with Crippen LogP contribution in [-0.4, -0.2) is 4.98 Å². The lowest BCUT2D eigenvalue weighted by Gasteiger charge is -2.07. The predicted octanol–water partition coefficient (Wildman–Crippen LogP) is 4.92. The molecule has 0 atom stereocenters. The lowest BCUT2D eigenvalue weighted by molar-refractivity contribution is 0.629. The number of anilines is 2. The lowest BCUT2D eigenvalue weighted by Crippen LogP contribution is -1.94. The highest BCUT2D eigenvalue weighted by Crippen LogP contribution is 2.28. The highest BCUT2D eigenvalue weighted by Gasteiger charge is 2.08. The normalized spacial score (nSPS) is 10.4. The van der Waals surface area contributed by atoms with Crippen LogP contribution in [0.3, 0.4) is 0 Å². The van der Waals surface area contributed by atoms with E-state index in [-0.39, 0.29) is 10.0 Å². The van der Waals surface area contributed by atoms with Crippen molar-refractivity contribution in [1.82, 2.24) is 4.98 Å². The van der Waals surface area contributed by atoms with Gasteiger partial charge in [0.1, 0.15) is 11.0 Å². The molecular weight excluding hydrogens is 285 g/mol. The zero-order valence-electron chi connectivity index (χ0n) is 8.35. The van der Waals surface area contributed by atoms with Crippen molar-refractivity contribution >= 4 is 46.3 Å². The zero-order valence-corrected chi connectivity index (χ0v) is 10.6. The third kappa shape index (κ3) is 3.00. The molecule has 6 heteroatoms. The van der Waals surface area contributed by atoms with E-state index in [1.165, 1.54) is 12.1 Å². The van der Waals surface area contributed by atoms with E-state index in [4.69, 9.17) is 34.8 Å². The second-order valence-corrected chi connectivity index (χ2v) is 4.43. The maximum absolute atomic E-state index is 13.2. The summed E-state index contributed by atoms with van der Waals surface area (Å²) >= 11 is 17.1. The molecule has 0 aliphatic rings. The summed E-state index contributed by atoms with van der Waals surface area (Å²) in [4.78, 5) is 4.02. The first-order valence-corrected chi connectivity index (χ1v) is 5.74. The summed E-state index contributed by atoms with van der Waals surface area (Å²) in [5, 5.41) is 3.17. The smallest absolute Gasteiger partial charge is 0.160 e. The summed E-state index contributed by atoms with van der Waals surface area (Å²) in [5.41, 5.74) is 0.538. The van der Waals surface area contributed by atoms with Gasteiger partial charge in [0, 0.05) is 5.69 Å². The van der Waals surface area contributed by atoms with Crippen LogP contribution < -0.4 is 5.32 Å². The Morgan fingerprint density at radius 3 is 2.29 bits per heavy atom. The first kappa shape index (κ1) is 12.4. The van der Waals surface area contributed by atoms with E-state index in [9.17, 15) is 4.39 Å². The Bertz CT molecular complexity index is 537. The minimum absolute atomic E-state index is 0.0537. The van der Waals surface area contributed by atoms with Crippen molar-refractivity contribution in [2.75, 3.05) is 5.32 Å². The Labute approximate surface area is 112 Å². The molecular formula is C11H6Cl3FN2. The molecule has 17 heavy (non-hydrogen) atoms. The van der Waals surface area contributed by atoms with E-state index in [1.807, 2.05) is 0 Å². The average Bonchev–Trinajstić information content (AvgIpc) is 2.26. The summed E-state index contributed by atoms with van der Waals surface area (Å²) in [7, 11) is 0. The van der Waals surface area contributed by atoms with Crippen LogP contribution in [0.4, 0.5) is 15.9 Å². The van der Waals surface area contributed by atoms with E-state index < -0.39 is 5.82 Å². The Balaban J connectivity index is 2.31. The number of hydrogen-bond donors (Lipinski definition) is 1. The quantitative estimate of drug-likeness (QED) is 0.627. The third-order valence-corrected chi connectivity index (χ3v) is 2.73. The van der Waals surface area contributed by atoms with Gasteiger partial charge < -0.3 is 5.32 Å². The lowest BCUT2D eigenvalue weighted by atomic mass is 10.3. The van der Waals surface area contributed by atoms with Crippen LogP contribution in [0.2, 0.25) is 15.2 Å². The fourth-order valence-electron chi connectivity index (χ4n) is 1.25. The van der Waals surface area contributed by atoms with Gasteiger partial charge in [-0.25, -0.2) is 9.37 Å². The van der Waals surface area contributed by atoms with Gasteiger partial charge in [-0.15, -0.1) is 0 Å². The molecule has 0 fully saturated rings. The molecule has 0 amide bonds. The molecule has 2 rings (SSSR count). The summed E-state index contributed by atoms with van der Waals surface area (Å²) in [6, 6.07) is 7.95. The molecule has 88 valence electrons. The Kier molecular flexibility index (Phi) is 3.72. The van der Waals surface area contributed by atoms with Crippen LogP contribution >= 0.6 is 34.8 Å². The highest BCUT2D eigenvalue weighted by molar-refractivity contribution is 6.35.